The van der Waals surface area contributed by atoms with E-state index in [1.807, 2.05) is 24.3 Å². The predicted molar refractivity (Wildman–Crippen MR) is 67.6 cm³/mol. The molecule has 0 saturated heterocycles. The molecule has 0 saturated carbocycles. The van der Waals surface area contributed by atoms with Gasteiger partial charge in [0.2, 0.25) is 0 Å². The van der Waals surface area contributed by atoms with Crippen molar-refractivity contribution < 1.29 is 4.74 Å². The summed E-state index contributed by atoms with van der Waals surface area (Å²) in [6, 6.07) is 7.70. The molecule has 1 aromatic heterocycles. The molecule has 6 heteroatoms. The van der Waals surface area contributed by atoms with E-state index in [4.69, 9.17) is 10.5 Å². The molecule has 2 heterocycles. The number of aromatic nitrogens is 2. The van der Waals surface area contributed by atoms with Crippen molar-refractivity contribution in [1.29, 1.82) is 0 Å². The summed E-state index contributed by atoms with van der Waals surface area (Å²) in [6.07, 6.45) is 1.32. The van der Waals surface area contributed by atoms with Crippen molar-refractivity contribution in [2.24, 2.45) is 0 Å². The number of nitrogens with one attached hydrogen (secondary N) is 2. The van der Waals surface area contributed by atoms with E-state index in [1.54, 1.807) is 0 Å². The normalized spacial score (nSPS) is 17.0. The van der Waals surface area contributed by atoms with Crippen LogP contribution in [0.4, 0.5) is 11.5 Å². The van der Waals surface area contributed by atoms with Crippen molar-refractivity contribution in [2.75, 3.05) is 17.7 Å². The summed E-state index contributed by atoms with van der Waals surface area (Å²) in [7, 11) is 0. The Morgan fingerprint density at radius 2 is 2.28 bits per heavy atom. The van der Waals surface area contributed by atoms with Crippen LogP contribution in [0.25, 0.3) is 0 Å². The minimum absolute atomic E-state index is 0.0437. The van der Waals surface area contributed by atoms with E-state index >= 15 is 0 Å². The standard InChI is InChI=1S/C12H12N4O2/c13-10-11(14-6-15-12(10)17)16-8-5-18-9-4-2-1-3-7(8)9/h1-4,6,8H,5,13H2,(H2,14,15,16,17). The molecule has 3 rings (SSSR count). The first kappa shape index (κ1) is 10.6. The molecule has 2 aromatic rings. The molecule has 1 aromatic carbocycles. The number of nitrogens with two attached hydrogens (primary N) is 1. The molecule has 92 valence electrons. The molecule has 0 radical (unpaired) electrons. The monoisotopic (exact) mass is 244 g/mol. The highest BCUT2D eigenvalue weighted by atomic mass is 16.5. The van der Waals surface area contributed by atoms with Crippen LogP contribution in [0, 0.1) is 0 Å². The predicted octanol–water partition coefficient (Wildman–Crippen LogP) is 0.898. The summed E-state index contributed by atoms with van der Waals surface area (Å²) in [4.78, 5) is 17.8. The lowest BCUT2D eigenvalue weighted by Crippen LogP contribution is -2.19. The van der Waals surface area contributed by atoms with E-state index in [1.165, 1.54) is 6.33 Å². The number of fused-ring (bicyclic) bond motifs is 1. The number of nitrogen functional groups attached to an aromatic ring is 1. The van der Waals surface area contributed by atoms with Gasteiger partial charge in [0.25, 0.3) is 5.56 Å². The number of hydrogen-bond donors (Lipinski definition) is 3. The Kier molecular flexibility index (Phi) is 2.40. The minimum atomic E-state index is -0.347. The molecule has 1 atom stereocenters. The molecule has 0 amide bonds. The number of anilines is 2. The molecular weight excluding hydrogens is 232 g/mol. The number of hydrogen-bond acceptors (Lipinski definition) is 5. The molecule has 0 aliphatic carbocycles. The van der Waals surface area contributed by atoms with Crippen LogP contribution in [-0.4, -0.2) is 16.6 Å². The number of benzene rings is 1. The Morgan fingerprint density at radius 3 is 3.17 bits per heavy atom. The van der Waals surface area contributed by atoms with Gasteiger partial charge in [0.05, 0.1) is 12.4 Å². The summed E-state index contributed by atoms with van der Waals surface area (Å²) in [6.45, 7) is 0.493. The van der Waals surface area contributed by atoms with Gasteiger partial charge < -0.3 is 20.8 Å². The number of nitrogens with zero attached hydrogens (tertiary/aromatic N) is 1. The van der Waals surface area contributed by atoms with Gasteiger partial charge in [-0.25, -0.2) is 4.98 Å². The van der Waals surface area contributed by atoms with Crippen molar-refractivity contribution >= 4 is 11.5 Å². The second-order valence-electron chi connectivity index (χ2n) is 4.04. The molecule has 18 heavy (non-hydrogen) atoms. The maximum Gasteiger partial charge on any atom is 0.276 e. The highest BCUT2D eigenvalue weighted by Crippen LogP contribution is 2.34. The quantitative estimate of drug-likeness (QED) is 0.729. The third kappa shape index (κ3) is 1.67. The van der Waals surface area contributed by atoms with Crippen LogP contribution in [0.5, 0.6) is 5.75 Å². The lowest BCUT2D eigenvalue weighted by atomic mass is 10.1. The fourth-order valence-corrected chi connectivity index (χ4v) is 1.97. The average molecular weight is 244 g/mol. The first-order chi connectivity index (χ1) is 8.75. The minimum Gasteiger partial charge on any atom is -0.491 e. The largest absolute Gasteiger partial charge is 0.491 e. The molecule has 6 nitrogen and oxygen atoms in total. The summed E-state index contributed by atoms with van der Waals surface area (Å²) in [5.74, 6) is 1.22. The fourth-order valence-electron chi connectivity index (χ4n) is 1.97. The number of H-pyrrole nitrogens is 1. The summed E-state index contributed by atoms with van der Waals surface area (Å²) >= 11 is 0. The first-order valence-electron chi connectivity index (χ1n) is 5.57. The lowest BCUT2D eigenvalue weighted by Gasteiger charge is -2.13. The van der Waals surface area contributed by atoms with E-state index in [0.29, 0.717) is 12.4 Å². The molecule has 1 aliphatic rings. The third-order valence-corrected chi connectivity index (χ3v) is 2.90. The number of rotatable bonds is 2. The number of para-hydroxylation sites is 1. The second-order valence-corrected chi connectivity index (χ2v) is 4.04. The van der Waals surface area contributed by atoms with Crippen molar-refractivity contribution in [1.82, 2.24) is 9.97 Å². The second kappa shape index (κ2) is 4.06. The van der Waals surface area contributed by atoms with Gasteiger partial charge in [-0.1, -0.05) is 18.2 Å². The summed E-state index contributed by atoms with van der Waals surface area (Å²) in [5, 5.41) is 3.13. The van der Waals surface area contributed by atoms with E-state index < -0.39 is 0 Å². The van der Waals surface area contributed by atoms with Crippen LogP contribution in [0.15, 0.2) is 35.4 Å². The van der Waals surface area contributed by atoms with Crippen molar-refractivity contribution in [3.8, 4) is 5.75 Å². The lowest BCUT2D eigenvalue weighted by molar-refractivity contribution is 0.339. The third-order valence-electron chi connectivity index (χ3n) is 2.90. The maximum absolute atomic E-state index is 11.4. The van der Waals surface area contributed by atoms with Gasteiger partial charge in [-0.05, 0) is 6.07 Å². The van der Waals surface area contributed by atoms with Crippen molar-refractivity contribution in [3.63, 3.8) is 0 Å². The van der Waals surface area contributed by atoms with Crippen LogP contribution < -0.4 is 21.3 Å². The molecule has 4 N–H and O–H groups in total. The Bertz CT molecular complexity index is 638. The van der Waals surface area contributed by atoms with Gasteiger partial charge >= 0.3 is 0 Å². The molecule has 0 spiro atoms. The average Bonchev–Trinajstić information content (AvgIpc) is 2.79. The van der Waals surface area contributed by atoms with Crippen LogP contribution in [0.3, 0.4) is 0 Å². The smallest absolute Gasteiger partial charge is 0.276 e. The molecular formula is C12H12N4O2. The zero-order valence-corrected chi connectivity index (χ0v) is 9.51. The molecule has 1 unspecified atom stereocenters. The Morgan fingerprint density at radius 1 is 1.44 bits per heavy atom. The zero-order valence-electron chi connectivity index (χ0n) is 9.51. The highest BCUT2D eigenvalue weighted by Gasteiger charge is 2.24. The first-order valence-corrected chi connectivity index (χ1v) is 5.57. The van der Waals surface area contributed by atoms with Gasteiger partial charge in [-0.15, -0.1) is 0 Å². The fraction of sp³-hybridized carbons (Fsp3) is 0.167. The van der Waals surface area contributed by atoms with Crippen molar-refractivity contribution in [2.45, 2.75) is 6.04 Å². The van der Waals surface area contributed by atoms with Gasteiger partial charge in [0.15, 0.2) is 5.82 Å². The van der Waals surface area contributed by atoms with Crippen LogP contribution >= 0.6 is 0 Å². The van der Waals surface area contributed by atoms with E-state index in [2.05, 4.69) is 15.3 Å². The SMILES string of the molecule is Nc1c(NC2COc3ccccc32)nc[nH]c1=O. The Hall–Kier alpha value is -2.50. The molecule has 1 aliphatic heterocycles. The van der Waals surface area contributed by atoms with Gasteiger partial charge in [0.1, 0.15) is 18.0 Å². The van der Waals surface area contributed by atoms with Crippen LogP contribution in [0.1, 0.15) is 11.6 Å². The number of aromatic amines is 1. The maximum atomic E-state index is 11.4. The van der Waals surface area contributed by atoms with Crippen molar-refractivity contribution in [3.05, 3.63) is 46.5 Å². The zero-order chi connectivity index (χ0) is 12.5. The summed E-state index contributed by atoms with van der Waals surface area (Å²) in [5.41, 5.74) is 6.45. The molecule has 0 bridgehead atoms. The van der Waals surface area contributed by atoms with E-state index in [0.717, 1.165) is 11.3 Å². The van der Waals surface area contributed by atoms with Gasteiger partial charge in [0, 0.05) is 5.56 Å². The van der Waals surface area contributed by atoms with Gasteiger partial charge in [-0.2, -0.15) is 0 Å². The topological polar surface area (TPSA) is 93.0 Å². The highest BCUT2D eigenvalue weighted by molar-refractivity contribution is 5.60. The van der Waals surface area contributed by atoms with Crippen LogP contribution in [0.2, 0.25) is 0 Å². The van der Waals surface area contributed by atoms with Gasteiger partial charge in [-0.3, -0.25) is 4.79 Å². The Balaban J connectivity index is 1.91. The molecule has 0 fully saturated rings. The Labute approximate surface area is 103 Å². The van der Waals surface area contributed by atoms with E-state index in [-0.39, 0.29) is 17.3 Å². The number of ether oxygens (including phenoxy) is 1. The van der Waals surface area contributed by atoms with Crippen LogP contribution in [-0.2, 0) is 0 Å². The van der Waals surface area contributed by atoms with E-state index in [9.17, 15) is 4.79 Å². The summed E-state index contributed by atoms with van der Waals surface area (Å²) < 4.78 is 5.54.